The average molecular weight is 482 g/mol. The summed E-state index contributed by atoms with van der Waals surface area (Å²) in [5.41, 5.74) is 6.41. The Balaban J connectivity index is 1.56. The van der Waals surface area contributed by atoms with Gasteiger partial charge in [0, 0.05) is 44.0 Å². The molecular weight excluding hydrogens is 446 g/mol. The molecule has 5 heteroatoms. The van der Waals surface area contributed by atoms with Crippen LogP contribution in [-0.4, -0.2) is 25.9 Å². The Morgan fingerprint density at radius 2 is 1.39 bits per heavy atom. The summed E-state index contributed by atoms with van der Waals surface area (Å²) in [6.07, 6.45) is 7.20. The molecule has 0 bridgehead atoms. The monoisotopic (exact) mass is 481 g/mol. The Labute approximate surface area is 214 Å². The van der Waals surface area contributed by atoms with Crippen LogP contribution in [0.15, 0.2) is 91.0 Å². The largest absolute Gasteiger partial charge is 0.378 e. The van der Waals surface area contributed by atoms with Crippen LogP contribution in [0, 0.1) is 0 Å². The van der Waals surface area contributed by atoms with E-state index in [4.69, 9.17) is 0 Å². The number of nitrogens with zero attached hydrogens (tertiary/aromatic N) is 1. The number of carbonyl (C=O) groups excluding carboxylic acids is 2. The highest BCUT2D eigenvalue weighted by atomic mass is 16.2. The first-order valence-corrected chi connectivity index (χ1v) is 12.3. The molecule has 0 aliphatic heterocycles. The maximum absolute atomic E-state index is 12.7. The summed E-state index contributed by atoms with van der Waals surface area (Å²) in [5.74, 6) is -0.294. The van der Waals surface area contributed by atoms with Gasteiger partial charge >= 0.3 is 0 Å². The number of hydrogen-bond donors (Lipinski definition) is 2. The molecule has 3 aromatic rings. The Morgan fingerprint density at radius 1 is 0.778 bits per heavy atom. The fraction of sp³-hybridized carbons (Fsp3) is 0.226. The quantitative estimate of drug-likeness (QED) is 0.350. The van der Waals surface area contributed by atoms with Gasteiger partial charge in [-0.05, 0) is 72.0 Å². The average Bonchev–Trinajstić information content (AvgIpc) is 2.90. The molecular formula is C31H35N3O2. The van der Waals surface area contributed by atoms with Crippen molar-refractivity contribution in [3.63, 3.8) is 0 Å². The zero-order valence-electron chi connectivity index (χ0n) is 21.5. The van der Waals surface area contributed by atoms with E-state index in [9.17, 15) is 9.59 Å². The Morgan fingerprint density at radius 3 is 2.00 bits per heavy atom. The second kappa shape index (κ2) is 13.1. The maximum atomic E-state index is 12.7. The molecule has 3 aromatic carbocycles. The van der Waals surface area contributed by atoms with E-state index in [1.54, 1.807) is 6.07 Å². The van der Waals surface area contributed by atoms with E-state index in [0.29, 0.717) is 24.2 Å². The molecule has 0 aliphatic rings. The number of nitrogens with one attached hydrogen (secondary N) is 2. The lowest BCUT2D eigenvalue weighted by atomic mass is 10.0. The fourth-order valence-electron chi connectivity index (χ4n) is 3.80. The predicted molar refractivity (Wildman–Crippen MR) is 149 cm³/mol. The lowest BCUT2D eigenvalue weighted by Crippen LogP contribution is -2.24. The van der Waals surface area contributed by atoms with Crippen molar-refractivity contribution in [2.75, 3.05) is 19.0 Å². The first-order chi connectivity index (χ1) is 17.4. The second-order valence-corrected chi connectivity index (χ2v) is 8.77. The lowest BCUT2D eigenvalue weighted by molar-refractivity contribution is 0.0945. The van der Waals surface area contributed by atoms with Crippen molar-refractivity contribution in [3.05, 3.63) is 119 Å². The van der Waals surface area contributed by atoms with E-state index in [-0.39, 0.29) is 11.8 Å². The van der Waals surface area contributed by atoms with Crippen molar-refractivity contribution in [2.24, 2.45) is 0 Å². The summed E-state index contributed by atoms with van der Waals surface area (Å²) in [6.45, 7) is 4.89. The number of rotatable bonds is 10. The zero-order chi connectivity index (χ0) is 25.9. The van der Waals surface area contributed by atoms with Crippen LogP contribution in [0.5, 0.6) is 0 Å². The van der Waals surface area contributed by atoms with Gasteiger partial charge in [-0.15, -0.1) is 0 Å². The number of anilines is 1. The van der Waals surface area contributed by atoms with Crippen LogP contribution in [0.2, 0.25) is 0 Å². The highest BCUT2D eigenvalue weighted by Gasteiger charge is 2.09. The van der Waals surface area contributed by atoms with Gasteiger partial charge in [0.25, 0.3) is 11.8 Å². The van der Waals surface area contributed by atoms with Crippen molar-refractivity contribution < 1.29 is 9.59 Å². The molecule has 0 aliphatic carbocycles. The first-order valence-electron chi connectivity index (χ1n) is 12.3. The third-order valence-corrected chi connectivity index (χ3v) is 5.80. The lowest BCUT2D eigenvalue weighted by Gasteiger charge is -2.13. The highest BCUT2D eigenvalue weighted by molar-refractivity contribution is 5.95. The van der Waals surface area contributed by atoms with Gasteiger partial charge in [-0.3, -0.25) is 9.59 Å². The van der Waals surface area contributed by atoms with Crippen molar-refractivity contribution in [1.82, 2.24) is 10.6 Å². The van der Waals surface area contributed by atoms with Crippen LogP contribution >= 0.6 is 0 Å². The Hall–Kier alpha value is -4.12. The molecule has 0 spiro atoms. The smallest absolute Gasteiger partial charge is 0.251 e. The highest BCUT2D eigenvalue weighted by Crippen LogP contribution is 2.18. The minimum atomic E-state index is -0.148. The van der Waals surface area contributed by atoms with Gasteiger partial charge in [0.05, 0.1) is 0 Å². The van der Waals surface area contributed by atoms with Gasteiger partial charge < -0.3 is 15.5 Å². The van der Waals surface area contributed by atoms with Gasteiger partial charge in [-0.25, -0.2) is 0 Å². The molecule has 0 aromatic heterocycles. The van der Waals surface area contributed by atoms with Crippen molar-refractivity contribution >= 4 is 23.1 Å². The molecule has 0 radical (unpaired) electrons. The van der Waals surface area contributed by atoms with Crippen LogP contribution in [-0.2, 0) is 13.1 Å². The first kappa shape index (κ1) is 26.5. The molecule has 3 rings (SSSR count). The predicted octanol–water partition coefficient (Wildman–Crippen LogP) is 5.98. The van der Waals surface area contributed by atoms with Gasteiger partial charge in [-0.1, -0.05) is 61.5 Å². The SMILES string of the molecule is C/C=C\C(=C/CC)c1ccc(C(=O)NCc2cccc(C(=O)NCc3ccc(N(C)C)cc3)c2)cc1. The third-order valence-electron chi connectivity index (χ3n) is 5.80. The molecule has 0 atom stereocenters. The molecule has 2 amide bonds. The number of benzene rings is 3. The molecule has 0 unspecified atom stereocenters. The van der Waals surface area contributed by atoms with Crippen molar-refractivity contribution in [2.45, 2.75) is 33.4 Å². The van der Waals surface area contributed by atoms with E-state index in [2.05, 4.69) is 29.7 Å². The van der Waals surface area contributed by atoms with Gasteiger partial charge in [0.1, 0.15) is 0 Å². The van der Waals surface area contributed by atoms with Crippen LogP contribution in [0.4, 0.5) is 5.69 Å². The number of allylic oxidation sites excluding steroid dienone is 4. The normalized spacial score (nSPS) is 11.4. The molecule has 2 N–H and O–H groups in total. The van der Waals surface area contributed by atoms with Gasteiger partial charge in [0.2, 0.25) is 0 Å². The zero-order valence-corrected chi connectivity index (χ0v) is 21.5. The summed E-state index contributed by atoms with van der Waals surface area (Å²) in [4.78, 5) is 27.4. The number of amides is 2. The third kappa shape index (κ3) is 7.44. The summed E-state index contributed by atoms with van der Waals surface area (Å²) < 4.78 is 0. The van der Waals surface area contributed by atoms with E-state index in [1.165, 1.54) is 0 Å². The minimum Gasteiger partial charge on any atom is -0.378 e. The maximum Gasteiger partial charge on any atom is 0.251 e. The van der Waals surface area contributed by atoms with E-state index < -0.39 is 0 Å². The Bertz CT molecular complexity index is 1220. The topological polar surface area (TPSA) is 61.4 Å². The van der Waals surface area contributed by atoms with Crippen LogP contribution in [0.1, 0.15) is 57.7 Å². The molecule has 0 saturated carbocycles. The standard InChI is InChI=1S/C31H35N3O2/c1-5-8-25(9-6-2)26-14-16-27(17-15-26)30(35)33-22-24-10-7-11-28(20-24)31(36)32-21-23-12-18-29(19-13-23)34(3)4/h5,7-20H,6,21-22H2,1-4H3,(H,32,36)(H,33,35)/b8-5-,25-9+. The Kier molecular flexibility index (Phi) is 9.64. The molecule has 5 nitrogen and oxygen atoms in total. The summed E-state index contributed by atoms with van der Waals surface area (Å²) >= 11 is 0. The molecule has 186 valence electrons. The number of carbonyl (C=O) groups is 2. The molecule has 0 saturated heterocycles. The molecule has 36 heavy (non-hydrogen) atoms. The van der Waals surface area contributed by atoms with Crippen LogP contribution in [0.3, 0.4) is 0 Å². The second-order valence-electron chi connectivity index (χ2n) is 8.77. The minimum absolute atomic E-state index is 0.146. The molecule has 0 fully saturated rings. The van der Waals surface area contributed by atoms with Crippen LogP contribution < -0.4 is 15.5 Å². The summed E-state index contributed by atoms with van der Waals surface area (Å²) in [6, 6.07) is 23.0. The fourth-order valence-corrected chi connectivity index (χ4v) is 3.80. The molecule has 0 heterocycles. The van der Waals surface area contributed by atoms with Crippen molar-refractivity contribution in [1.29, 1.82) is 0 Å². The number of hydrogen-bond acceptors (Lipinski definition) is 3. The van der Waals surface area contributed by atoms with E-state index in [1.807, 2.05) is 98.7 Å². The van der Waals surface area contributed by atoms with Crippen molar-refractivity contribution in [3.8, 4) is 0 Å². The van der Waals surface area contributed by atoms with E-state index in [0.717, 1.165) is 34.4 Å². The van der Waals surface area contributed by atoms with E-state index >= 15 is 0 Å². The summed E-state index contributed by atoms with van der Waals surface area (Å²) in [7, 11) is 3.99. The summed E-state index contributed by atoms with van der Waals surface area (Å²) in [5, 5.41) is 5.91. The van der Waals surface area contributed by atoms with Gasteiger partial charge in [-0.2, -0.15) is 0 Å². The van der Waals surface area contributed by atoms with Crippen LogP contribution in [0.25, 0.3) is 5.57 Å². The van der Waals surface area contributed by atoms with Gasteiger partial charge in [0.15, 0.2) is 0 Å².